The number of hydrogen-bond donors (Lipinski definition) is 1. The lowest BCUT2D eigenvalue weighted by Gasteiger charge is -2.34. The lowest BCUT2D eigenvalue weighted by Crippen LogP contribution is -2.51. The van der Waals surface area contributed by atoms with Crippen LogP contribution in [0.25, 0.3) is 0 Å². The van der Waals surface area contributed by atoms with E-state index in [0.717, 1.165) is 37.4 Å². The molecule has 0 bridgehead atoms. The van der Waals surface area contributed by atoms with Crippen LogP contribution in [0.2, 0.25) is 10.0 Å². The van der Waals surface area contributed by atoms with Gasteiger partial charge in [0.1, 0.15) is 0 Å². The molecule has 1 heterocycles. The fourth-order valence-corrected chi connectivity index (χ4v) is 4.03. The number of carbonyl (C=O) groups is 2. The van der Waals surface area contributed by atoms with Crippen LogP contribution in [0.4, 0.5) is 0 Å². The zero-order valence-electron chi connectivity index (χ0n) is 15.0. The minimum atomic E-state index is 0.0596. The zero-order chi connectivity index (χ0) is 18.9. The largest absolute Gasteiger partial charge is 0.355 e. The predicted molar refractivity (Wildman–Crippen MR) is 108 cm³/mol. The van der Waals surface area contributed by atoms with Gasteiger partial charge in [0.15, 0.2) is 0 Å². The average molecular weight is 418 g/mol. The number of piperazine rings is 1. The van der Waals surface area contributed by atoms with Crippen LogP contribution in [-0.4, -0.2) is 66.6 Å². The maximum absolute atomic E-state index is 12.4. The van der Waals surface area contributed by atoms with E-state index < -0.39 is 0 Å². The van der Waals surface area contributed by atoms with Crippen molar-refractivity contribution >= 4 is 46.8 Å². The summed E-state index contributed by atoms with van der Waals surface area (Å²) in [4.78, 5) is 29.0. The van der Waals surface area contributed by atoms with E-state index in [-0.39, 0.29) is 11.8 Å². The minimum absolute atomic E-state index is 0.0596. The molecule has 1 aliphatic rings. The number of rotatable bonds is 8. The molecule has 2 amide bonds. The van der Waals surface area contributed by atoms with Gasteiger partial charge < -0.3 is 10.2 Å². The molecule has 1 aliphatic heterocycles. The van der Waals surface area contributed by atoms with Crippen molar-refractivity contribution < 1.29 is 9.59 Å². The van der Waals surface area contributed by atoms with E-state index in [1.54, 1.807) is 18.2 Å². The van der Waals surface area contributed by atoms with Crippen LogP contribution in [0.15, 0.2) is 23.1 Å². The topological polar surface area (TPSA) is 52.7 Å². The first-order chi connectivity index (χ1) is 12.5. The van der Waals surface area contributed by atoms with Crippen molar-refractivity contribution in [2.45, 2.75) is 24.7 Å². The molecule has 26 heavy (non-hydrogen) atoms. The first-order valence-electron chi connectivity index (χ1n) is 8.84. The normalized spacial score (nSPS) is 15.1. The number of nitrogens with one attached hydrogen (secondary N) is 1. The summed E-state index contributed by atoms with van der Waals surface area (Å²) in [7, 11) is 0. The van der Waals surface area contributed by atoms with E-state index in [1.807, 2.05) is 4.90 Å². The molecule has 8 heteroatoms. The maximum atomic E-state index is 12.4. The molecular weight excluding hydrogens is 393 g/mol. The Morgan fingerprint density at radius 2 is 1.92 bits per heavy atom. The summed E-state index contributed by atoms with van der Waals surface area (Å²) in [5.41, 5.74) is 0. The molecular formula is C18H25Cl2N3O2S. The van der Waals surface area contributed by atoms with Crippen molar-refractivity contribution in [3.63, 3.8) is 0 Å². The highest BCUT2D eigenvalue weighted by molar-refractivity contribution is 8.00. The van der Waals surface area contributed by atoms with Crippen LogP contribution >= 0.6 is 35.0 Å². The molecule has 1 fully saturated rings. The van der Waals surface area contributed by atoms with E-state index >= 15 is 0 Å². The second-order valence-corrected chi connectivity index (χ2v) is 8.08. The van der Waals surface area contributed by atoms with Gasteiger partial charge >= 0.3 is 0 Å². The van der Waals surface area contributed by atoms with E-state index in [0.29, 0.717) is 35.4 Å². The molecule has 0 aromatic heterocycles. The van der Waals surface area contributed by atoms with Gasteiger partial charge in [-0.2, -0.15) is 0 Å². The molecule has 0 saturated carbocycles. The summed E-state index contributed by atoms with van der Waals surface area (Å²) in [6, 6.07) is 5.24. The fraction of sp³-hybridized carbons (Fsp3) is 0.556. The van der Waals surface area contributed by atoms with Gasteiger partial charge in [0, 0.05) is 42.6 Å². The average Bonchev–Trinajstić information content (AvgIpc) is 2.63. The molecule has 5 nitrogen and oxygen atoms in total. The molecule has 1 saturated heterocycles. The van der Waals surface area contributed by atoms with Crippen molar-refractivity contribution in [1.29, 1.82) is 0 Å². The Kier molecular flexibility index (Phi) is 9.05. The van der Waals surface area contributed by atoms with Gasteiger partial charge in [-0.3, -0.25) is 14.5 Å². The van der Waals surface area contributed by atoms with Crippen LogP contribution in [0.3, 0.4) is 0 Å². The van der Waals surface area contributed by atoms with E-state index in [1.165, 1.54) is 11.8 Å². The fourth-order valence-electron chi connectivity index (χ4n) is 2.64. The van der Waals surface area contributed by atoms with Gasteiger partial charge in [0.2, 0.25) is 11.8 Å². The molecule has 0 spiro atoms. The number of carbonyl (C=O) groups excluding carboxylic acids is 2. The predicted octanol–water partition coefficient (Wildman–Crippen LogP) is 3.15. The second kappa shape index (κ2) is 11.0. The molecule has 1 N–H and O–H groups in total. The smallest absolute Gasteiger partial charge is 0.234 e. The minimum Gasteiger partial charge on any atom is -0.355 e. The molecule has 2 rings (SSSR count). The van der Waals surface area contributed by atoms with Crippen LogP contribution in [0.1, 0.15) is 19.8 Å². The first-order valence-corrected chi connectivity index (χ1v) is 10.6. The molecule has 1 aromatic rings. The van der Waals surface area contributed by atoms with Crippen LogP contribution in [0.5, 0.6) is 0 Å². The van der Waals surface area contributed by atoms with Crippen molar-refractivity contribution in [1.82, 2.24) is 15.1 Å². The highest BCUT2D eigenvalue weighted by atomic mass is 35.5. The van der Waals surface area contributed by atoms with Gasteiger partial charge in [0.25, 0.3) is 0 Å². The van der Waals surface area contributed by atoms with Gasteiger partial charge in [-0.25, -0.2) is 0 Å². The number of amides is 2. The molecule has 0 unspecified atom stereocenters. The Morgan fingerprint density at radius 3 is 2.62 bits per heavy atom. The van der Waals surface area contributed by atoms with Gasteiger partial charge in [-0.05, 0) is 24.6 Å². The summed E-state index contributed by atoms with van der Waals surface area (Å²) in [5, 5.41) is 4.13. The monoisotopic (exact) mass is 417 g/mol. The van der Waals surface area contributed by atoms with Gasteiger partial charge in [0.05, 0.1) is 17.3 Å². The Balaban J connectivity index is 1.71. The lowest BCUT2D eigenvalue weighted by atomic mass is 10.3. The molecule has 0 radical (unpaired) electrons. The molecule has 1 aromatic carbocycles. The Hall–Kier alpha value is -0.950. The molecule has 144 valence electrons. The Labute approximate surface area is 169 Å². The SMILES string of the molecule is CCCCNC(=O)CN1CCN(C(=O)CSc2cc(Cl)ccc2Cl)CC1. The van der Waals surface area contributed by atoms with Crippen molar-refractivity contribution in [3.8, 4) is 0 Å². The summed E-state index contributed by atoms with van der Waals surface area (Å²) in [5.74, 6) is 0.472. The Bertz CT molecular complexity index is 622. The first kappa shape index (κ1) is 21.4. The second-order valence-electron chi connectivity index (χ2n) is 6.22. The summed E-state index contributed by atoms with van der Waals surface area (Å²) in [6.07, 6.45) is 2.07. The van der Waals surface area contributed by atoms with Crippen LogP contribution in [0, 0.1) is 0 Å². The third-order valence-corrected chi connectivity index (χ3v) is 5.91. The number of halogens is 2. The van der Waals surface area contributed by atoms with Crippen molar-refractivity contribution in [2.75, 3.05) is 45.0 Å². The summed E-state index contributed by atoms with van der Waals surface area (Å²) in [6.45, 7) is 5.96. The lowest BCUT2D eigenvalue weighted by molar-refractivity contribution is -0.130. The highest BCUT2D eigenvalue weighted by Gasteiger charge is 2.22. The quantitative estimate of drug-likeness (QED) is 0.521. The summed E-state index contributed by atoms with van der Waals surface area (Å²) >= 11 is 13.5. The number of thioether (sulfide) groups is 1. The number of benzene rings is 1. The molecule has 0 aliphatic carbocycles. The molecule has 0 atom stereocenters. The number of unbranched alkanes of at least 4 members (excludes halogenated alkanes) is 1. The maximum Gasteiger partial charge on any atom is 0.234 e. The zero-order valence-corrected chi connectivity index (χ0v) is 17.3. The van der Waals surface area contributed by atoms with Crippen LogP contribution < -0.4 is 5.32 Å². The van der Waals surface area contributed by atoms with Crippen molar-refractivity contribution in [2.24, 2.45) is 0 Å². The third-order valence-electron chi connectivity index (χ3n) is 4.19. The number of nitrogens with zero attached hydrogens (tertiary/aromatic N) is 2. The van der Waals surface area contributed by atoms with E-state index in [4.69, 9.17) is 23.2 Å². The van der Waals surface area contributed by atoms with E-state index in [2.05, 4.69) is 17.1 Å². The Morgan fingerprint density at radius 1 is 1.19 bits per heavy atom. The standard InChI is InChI=1S/C18H25Cl2N3O2S/c1-2-3-6-21-17(24)12-22-7-9-23(10-8-22)18(25)13-26-16-11-14(19)4-5-15(16)20/h4-5,11H,2-3,6-10,12-13H2,1H3,(H,21,24). The van der Waals surface area contributed by atoms with Gasteiger partial charge in [-0.1, -0.05) is 36.5 Å². The number of hydrogen-bond acceptors (Lipinski definition) is 4. The van der Waals surface area contributed by atoms with E-state index in [9.17, 15) is 9.59 Å². The van der Waals surface area contributed by atoms with Gasteiger partial charge in [-0.15, -0.1) is 11.8 Å². The van der Waals surface area contributed by atoms with Crippen LogP contribution in [-0.2, 0) is 9.59 Å². The third kappa shape index (κ3) is 6.99. The van der Waals surface area contributed by atoms with Crippen molar-refractivity contribution in [3.05, 3.63) is 28.2 Å². The summed E-state index contributed by atoms with van der Waals surface area (Å²) < 4.78 is 0. The highest BCUT2D eigenvalue weighted by Crippen LogP contribution is 2.30.